The van der Waals surface area contributed by atoms with Gasteiger partial charge in [-0.1, -0.05) is 29.8 Å². The summed E-state index contributed by atoms with van der Waals surface area (Å²) in [6.07, 6.45) is 0. The molecule has 3 nitrogen and oxygen atoms in total. The Bertz CT molecular complexity index is 662. The minimum atomic E-state index is -0.942. The van der Waals surface area contributed by atoms with Crippen molar-refractivity contribution in [3.05, 3.63) is 64.2 Å². The molecule has 2 rings (SSSR count). The maximum absolute atomic E-state index is 13.7. The van der Waals surface area contributed by atoms with Crippen LogP contribution in [0.3, 0.4) is 0 Å². The van der Waals surface area contributed by atoms with Gasteiger partial charge in [-0.15, -0.1) is 0 Å². The van der Waals surface area contributed by atoms with E-state index in [1.807, 2.05) is 0 Å². The summed E-state index contributed by atoms with van der Waals surface area (Å²) in [6, 6.07) is 8.52. The van der Waals surface area contributed by atoms with Gasteiger partial charge in [0.2, 0.25) is 0 Å². The molecule has 0 fully saturated rings. The maximum Gasteiger partial charge on any atom is 0.254 e. The van der Waals surface area contributed by atoms with E-state index in [2.05, 4.69) is 5.32 Å². The molecule has 0 heterocycles. The predicted octanol–water partition coefficient (Wildman–Crippen LogP) is 3.13. The lowest BCUT2D eigenvalue weighted by Gasteiger charge is -2.09. The summed E-state index contributed by atoms with van der Waals surface area (Å²) in [4.78, 5) is 11.8. The molecule has 2 aromatic carbocycles. The standard InChI is InChI=1S/C14H11ClF2N2O/c15-11-4-2-1-3-8(11)7-19-14(20)10-5-9(16)6-12(18)13(10)17/h1-6H,7,18H2,(H,19,20). The van der Waals surface area contributed by atoms with Crippen LogP contribution in [-0.4, -0.2) is 5.91 Å². The summed E-state index contributed by atoms with van der Waals surface area (Å²) >= 11 is 5.93. The SMILES string of the molecule is Nc1cc(F)cc(C(=O)NCc2ccccc2Cl)c1F. The molecule has 0 saturated heterocycles. The van der Waals surface area contributed by atoms with Gasteiger partial charge >= 0.3 is 0 Å². The molecule has 0 saturated carbocycles. The molecule has 0 aliphatic rings. The Hall–Kier alpha value is -2.14. The van der Waals surface area contributed by atoms with E-state index >= 15 is 0 Å². The van der Waals surface area contributed by atoms with Gasteiger partial charge in [0.1, 0.15) is 5.82 Å². The third kappa shape index (κ3) is 3.05. The van der Waals surface area contributed by atoms with Gasteiger partial charge in [-0.05, 0) is 23.8 Å². The lowest BCUT2D eigenvalue weighted by atomic mass is 10.1. The van der Waals surface area contributed by atoms with Crippen LogP contribution in [0.5, 0.6) is 0 Å². The highest BCUT2D eigenvalue weighted by molar-refractivity contribution is 6.31. The Morgan fingerprint density at radius 2 is 1.95 bits per heavy atom. The Morgan fingerprint density at radius 1 is 1.25 bits per heavy atom. The van der Waals surface area contributed by atoms with Crippen LogP contribution in [0.4, 0.5) is 14.5 Å². The molecule has 0 atom stereocenters. The van der Waals surface area contributed by atoms with Crippen LogP contribution >= 0.6 is 11.6 Å². The van der Waals surface area contributed by atoms with Crippen molar-refractivity contribution >= 4 is 23.2 Å². The topological polar surface area (TPSA) is 55.1 Å². The summed E-state index contributed by atoms with van der Waals surface area (Å²) in [5.74, 6) is -2.47. The Labute approximate surface area is 119 Å². The number of nitrogens with two attached hydrogens (primary N) is 1. The number of amides is 1. The molecule has 1 amide bonds. The van der Waals surface area contributed by atoms with Gasteiger partial charge < -0.3 is 11.1 Å². The minimum absolute atomic E-state index is 0.106. The van der Waals surface area contributed by atoms with Crippen molar-refractivity contribution in [1.29, 1.82) is 0 Å². The number of halogens is 3. The third-order valence-corrected chi connectivity index (χ3v) is 3.08. The van der Waals surface area contributed by atoms with Crippen LogP contribution in [0.25, 0.3) is 0 Å². The first kappa shape index (κ1) is 14.3. The van der Waals surface area contributed by atoms with E-state index in [-0.39, 0.29) is 6.54 Å². The van der Waals surface area contributed by atoms with E-state index in [0.29, 0.717) is 10.6 Å². The Morgan fingerprint density at radius 3 is 2.65 bits per heavy atom. The Kier molecular flexibility index (Phi) is 4.20. The van der Waals surface area contributed by atoms with Gasteiger partial charge in [-0.3, -0.25) is 4.79 Å². The molecule has 20 heavy (non-hydrogen) atoms. The first-order chi connectivity index (χ1) is 9.49. The zero-order chi connectivity index (χ0) is 14.7. The van der Waals surface area contributed by atoms with Crippen LogP contribution < -0.4 is 11.1 Å². The summed E-state index contributed by atoms with van der Waals surface area (Å²) < 4.78 is 26.8. The smallest absolute Gasteiger partial charge is 0.254 e. The number of hydrogen-bond donors (Lipinski definition) is 2. The van der Waals surface area contributed by atoms with Gasteiger partial charge in [0.25, 0.3) is 5.91 Å². The second kappa shape index (κ2) is 5.88. The molecule has 6 heteroatoms. The average molecular weight is 297 g/mol. The van der Waals surface area contributed by atoms with Gasteiger partial charge in [0.15, 0.2) is 5.82 Å². The van der Waals surface area contributed by atoms with E-state index in [0.717, 1.165) is 12.1 Å². The van der Waals surface area contributed by atoms with Crippen molar-refractivity contribution in [2.24, 2.45) is 0 Å². The van der Waals surface area contributed by atoms with Crippen molar-refractivity contribution < 1.29 is 13.6 Å². The molecular weight excluding hydrogens is 286 g/mol. The molecule has 104 valence electrons. The fourth-order valence-electron chi connectivity index (χ4n) is 1.69. The highest BCUT2D eigenvalue weighted by atomic mass is 35.5. The van der Waals surface area contributed by atoms with Crippen LogP contribution in [0.1, 0.15) is 15.9 Å². The normalized spacial score (nSPS) is 10.3. The molecular formula is C14H11ClF2N2O. The molecule has 0 aliphatic carbocycles. The molecule has 3 N–H and O–H groups in total. The number of nitrogens with one attached hydrogen (secondary N) is 1. The van der Waals surface area contributed by atoms with Crippen LogP contribution in [0, 0.1) is 11.6 Å². The molecule has 0 unspecified atom stereocenters. The first-order valence-corrected chi connectivity index (χ1v) is 6.13. The largest absolute Gasteiger partial charge is 0.396 e. The fourth-order valence-corrected chi connectivity index (χ4v) is 1.89. The van der Waals surface area contributed by atoms with Gasteiger partial charge in [-0.25, -0.2) is 8.78 Å². The lowest BCUT2D eigenvalue weighted by Crippen LogP contribution is -2.24. The predicted molar refractivity (Wildman–Crippen MR) is 73.4 cm³/mol. The summed E-state index contributed by atoms with van der Waals surface area (Å²) in [5, 5.41) is 2.94. The van der Waals surface area contributed by atoms with Crippen molar-refractivity contribution in [3.63, 3.8) is 0 Å². The van der Waals surface area contributed by atoms with Gasteiger partial charge in [0, 0.05) is 11.6 Å². The average Bonchev–Trinajstić information content (AvgIpc) is 2.41. The number of anilines is 1. The van der Waals surface area contributed by atoms with E-state index in [4.69, 9.17) is 17.3 Å². The zero-order valence-electron chi connectivity index (χ0n) is 10.3. The molecule has 0 aromatic heterocycles. The number of benzene rings is 2. The fraction of sp³-hybridized carbons (Fsp3) is 0.0714. The van der Waals surface area contributed by atoms with Crippen molar-refractivity contribution in [2.75, 3.05) is 5.73 Å². The van der Waals surface area contributed by atoms with E-state index in [9.17, 15) is 13.6 Å². The third-order valence-electron chi connectivity index (χ3n) is 2.71. The zero-order valence-corrected chi connectivity index (χ0v) is 11.0. The lowest BCUT2D eigenvalue weighted by molar-refractivity contribution is 0.0946. The van der Waals surface area contributed by atoms with E-state index in [1.54, 1.807) is 24.3 Å². The van der Waals surface area contributed by atoms with Crippen molar-refractivity contribution in [1.82, 2.24) is 5.32 Å². The molecule has 0 aliphatic heterocycles. The van der Waals surface area contributed by atoms with Crippen molar-refractivity contribution in [3.8, 4) is 0 Å². The summed E-state index contributed by atoms with van der Waals surface area (Å²) in [7, 11) is 0. The van der Waals surface area contributed by atoms with Gasteiger partial charge in [0.05, 0.1) is 11.3 Å². The quantitative estimate of drug-likeness (QED) is 0.855. The first-order valence-electron chi connectivity index (χ1n) is 5.75. The monoisotopic (exact) mass is 296 g/mol. The van der Waals surface area contributed by atoms with E-state index in [1.165, 1.54) is 0 Å². The number of nitrogen functional groups attached to an aromatic ring is 1. The molecule has 0 radical (unpaired) electrons. The number of carbonyl (C=O) groups is 1. The van der Waals surface area contributed by atoms with Crippen LogP contribution in [0.15, 0.2) is 36.4 Å². The number of hydrogen-bond acceptors (Lipinski definition) is 2. The number of rotatable bonds is 3. The number of carbonyl (C=O) groups excluding carboxylic acids is 1. The highest BCUT2D eigenvalue weighted by Crippen LogP contribution is 2.18. The highest BCUT2D eigenvalue weighted by Gasteiger charge is 2.16. The van der Waals surface area contributed by atoms with Crippen LogP contribution in [-0.2, 0) is 6.54 Å². The Balaban J connectivity index is 2.15. The minimum Gasteiger partial charge on any atom is -0.396 e. The molecule has 0 spiro atoms. The van der Waals surface area contributed by atoms with Crippen molar-refractivity contribution in [2.45, 2.75) is 6.54 Å². The molecule has 0 bridgehead atoms. The summed E-state index contributed by atoms with van der Waals surface area (Å²) in [6.45, 7) is 0.106. The maximum atomic E-state index is 13.7. The second-order valence-electron chi connectivity index (χ2n) is 4.13. The second-order valence-corrected chi connectivity index (χ2v) is 4.54. The van der Waals surface area contributed by atoms with Gasteiger partial charge in [-0.2, -0.15) is 0 Å². The van der Waals surface area contributed by atoms with Crippen LogP contribution in [0.2, 0.25) is 5.02 Å². The molecule has 2 aromatic rings. The summed E-state index contributed by atoms with van der Waals surface area (Å²) in [5.41, 5.74) is 5.10. The van der Waals surface area contributed by atoms with E-state index < -0.39 is 28.8 Å².